The number of carbonyl (C=O) groups excluding carboxylic acids is 1. The van der Waals surface area contributed by atoms with E-state index in [0.29, 0.717) is 31.2 Å². The SMILES string of the molecule is COc1ccc2c3c1OC1C4(CCC5(O)C(C2)N(C2CCC2)CCC315)O[C@H]4C(=O)NCc1ccccc1. The summed E-state index contributed by atoms with van der Waals surface area (Å²) in [5.74, 6) is 1.35. The number of aliphatic hydroxyl groups is 1. The van der Waals surface area contributed by atoms with Crippen molar-refractivity contribution < 1.29 is 24.1 Å². The summed E-state index contributed by atoms with van der Waals surface area (Å²) in [6.45, 7) is 1.40. The van der Waals surface area contributed by atoms with Gasteiger partial charge in [-0.3, -0.25) is 9.69 Å². The smallest absolute Gasteiger partial charge is 0.252 e. The fraction of sp³-hybridized carbons (Fsp3) is 0.567. The van der Waals surface area contributed by atoms with E-state index in [1.807, 2.05) is 36.4 Å². The van der Waals surface area contributed by atoms with Crippen molar-refractivity contribution >= 4 is 5.91 Å². The molecule has 3 aliphatic heterocycles. The highest BCUT2D eigenvalue weighted by atomic mass is 16.7. The van der Waals surface area contributed by atoms with E-state index in [-0.39, 0.29) is 11.9 Å². The average molecular weight is 503 g/mol. The van der Waals surface area contributed by atoms with Crippen molar-refractivity contribution in [3.05, 3.63) is 59.2 Å². The van der Waals surface area contributed by atoms with Crippen LogP contribution in [0.5, 0.6) is 11.5 Å². The molecule has 2 saturated heterocycles. The highest BCUT2D eigenvalue weighted by Gasteiger charge is 2.82. The minimum atomic E-state index is -0.918. The first-order chi connectivity index (χ1) is 18.0. The molecular weight excluding hydrogens is 468 g/mol. The molecule has 2 N–H and O–H groups in total. The normalized spacial score (nSPS) is 38.9. The van der Waals surface area contributed by atoms with Crippen molar-refractivity contribution in [2.24, 2.45) is 0 Å². The topological polar surface area (TPSA) is 83.6 Å². The molecule has 2 aromatic rings. The van der Waals surface area contributed by atoms with Gasteiger partial charge in [0.15, 0.2) is 17.6 Å². The lowest BCUT2D eigenvalue weighted by Gasteiger charge is -2.65. The lowest BCUT2D eigenvalue weighted by molar-refractivity contribution is -0.210. The highest BCUT2D eigenvalue weighted by molar-refractivity contribution is 5.85. The van der Waals surface area contributed by atoms with E-state index in [0.717, 1.165) is 36.3 Å². The Morgan fingerprint density at radius 1 is 1.16 bits per heavy atom. The van der Waals surface area contributed by atoms with Crippen molar-refractivity contribution in [2.75, 3.05) is 13.7 Å². The van der Waals surface area contributed by atoms with E-state index >= 15 is 0 Å². The van der Waals surface area contributed by atoms with Gasteiger partial charge in [0.05, 0.1) is 18.1 Å². The Balaban J connectivity index is 1.18. The van der Waals surface area contributed by atoms with Crippen molar-refractivity contribution in [1.82, 2.24) is 10.2 Å². The van der Waals surface area contributed by atoms with Crippen LogP contribution in [0.25, 0.3) is 0 Å². The maximum absolute atomic E-state index is 13.4. The van der Waals surface area contributed by atoms with Gasteiger partial charge in [0.25, 0.3) is 5.91 Å². The van der Waals surface area contributed by atoms with Crippen LogP contribution >= 0.6 is 0 Å². The van der Waals surface area contributed by atoms with E-state index in [1.165, 1.54) is 24.8 Å². The zero-order chi connectivity index (χ0) is 25.0. The number of piperidine rings is 1. The van der Waals surface area contributed by atoms with Crippen LogP contribution in [0.1, 0.15) is 55.2 Å². The van der Waals surface area contributed by atoms with Gasteiger partial charge in [-0.1, -0.05) is 42.8 Å². The third-order valence-corrected chi connectivity index (χ3v) is 10.6. The molecule has 7 heteroatoms. The first-order valence-corrected chi connectivity index (χ1v) is 13.9. The second kappa shape index (κ2) is 7.49. The van der Waals surface area contributed by atoms with Crippen LogP contribution in [-0.2, 0) is 27.9 Å². The van der Waals surface area contributed by atoms with Gasteiger partial charge in [-0.2, -0.15) is 0 Å². The number of rotatable bonds is 5. The molecule has 0 radical (unpaired) electrons. The molecule has 3 aliphatic carbocycles. The summed E-state index contributed by atoms with van der Waals surface area (Å²) < 4.78 is 18.9. The number of likely N-dealkylation sites (tertiary alicyclic amines) is 1. The molecule has 6 atom stereocenters. The summed E-state index contributed by atoms with van der Waals surface area (Å²) >= 11 is 0. The van der Waals surface area contributed by atoms with Crippen molar-refractivity contribution in [1.29, 1.82) is 0 Å². The molecule has 3 heterocycles. The van der Waals surface area contributed by atoms with Crippen molar-refractivity contribution in [3.8, 4) is 11.5 Å². The molecule has 8 rings (SSSR count). The Labute approximate surface area is 217 Å². The summed E-state index contributed by atoms with van der Waals surface area (Å²) in [6, 6.07) is 14.7. The Kier molecular flexibility index (Phi) is 4.53. The van der Waals surface area contributed by atoms with Crippen LogP contribution in [0.15, 0.2) is 42.5 Å². The number of hydrogen-bond donors (Lipinski definition) is 2. The third-order valence-electron chi connectivity index (χ3n) is 10.6. The van der Waals surface area contributed by atoms with Gasteiger partial charge in [-0.15, -0.1) is 0 Å². The Morgan fingerprint density at radius 3 is 2.76 bits per heavy atom. The van der Waals surface area contributed by atoms with E-state index in [9.17, 15) is 9.90 Å². The quantitative estimate of drug-likeness (QED) is 0.612. The number of amides is 1. The van der Waals surface area contributed by atoms with Crippen LogP contribution in [0.4, 0.5) is 0 Å². The third kappa shape index (κ3) is 2.70. The molecule has 0 aromatic heterocycles. The first-order valence-electron chi connectivity index (χ1n) is 13.9. The van der Waals surface area contributed by atoms with Gasteiger partial charge in [-0.25, -0.2) is 0 Å². The second-order valence-corrected chi connectivity index (χ2v) is 12.0. The van der Waals surface area contributed by atoms with Gasteiger partial charge in [0.2, 0.25) is 0 Å². The number of carbonyl (C=O) groups is 1. The van der Waals surface area contributed by atoms with Crippen LogP contribution in [0.2, 0.25) is 0 Å². The fourth-order valence-corrected chi connectivity index (χ4v) is 8.64. The summed E-state index contributed by atoms with van der Waals surface area (Å²) in [5.41, 5.74) is 1.18. The molecule has 4 fully saturated rings. The standard InChI is InChI=1S/C30H34N2O5/c1-35-21-11-10-19-16-22-30(34)13-12-29(25(37-29)26(33)31-17-18-6-3-2-4-7-18)27-28(30,23(19)24(21)36-27)14-15-32(22)20-8-5-9-20/h2-4,6-7,10-11,20,22,25,27,34H,5,8-9,12-17H2,1H3,(H,31,33)/t22?,25-,27?,28?,29?,30?/m0/s1. The maximum Gasteiger partial charge on any atom is 0.252 e. The van der Waals surface area contributed by atoms with Gasteiger partial charge in [-0.05, 0) is 62.3 Å². The van der Waals surface area contributed by atoms with E-state index in [1.54, 1.807) is 7.11 Å². The van der Waals surface area contributed by atoms with E-state index < -0.39 is 28.8 Å². The Bertz CT molecular complexity index is 1280. The molecule has 2 aromatic carbocycles. The van der Waals surface area contributed by atoms with Crippen LogP contribution in [-0.4, -0.2) is 65.1 Å². The molecule has 7 nitrogen and oxygen atoms in total. The van der Waals surface area contributed by atoms with Gasteiger partial charge >= 0.3 is 0 Å². The Hall–Kier alpha value is -2.61. The number of ether oxygens (including phenoxy) is 3. The number of nitrogens with one attached hydrogen (secondary N) is 1. The monoisotopic (exact) mass is 502 g/mol. The fourth-order valence-electron chi connectivity index (χ4n) is 8.64. The predicted octanol–water partition coefficient (Wildman–Crippen LogP) is 2.86. The van der Waals surface area contributed by atoms with E-state index in [4.69, 9.17) is 14.2 Å². The van der Waals surface area contributed by atoms with Gasteiger partial charge in [0, 0.05) is 24.2 Å². The van der Waals surface area contributed by atoms with Crippen molar-refractivity contribution in [2.45, 2.75) is 92.4 Å². The maximum atomic E-state index is 13.4. The van der Waals surface area contributed by atoms with Gasteiger partial charge < -0.3 is 24.6 Å². The number of fused-ring (bicyclic) bond motifs is 1. The lowest BCUT2D eigenvalue weighted by Crippen LogP contribution is -2.79. The van der Waals surface area contributed by atoms with E-state index in [2.05, 4.69) is 16.3 Å². The number of methoxy groups -OCH3 is 1. The minimum Gasteiger partial charge on any atom is -0.493 e. The average Bonchev–Trinajstić information content (AvgIpc) is 3.49. The van der Waals surface area contributed by atoms with Crippen LogP contribution in [0, 0.1) is 0 Å². The zero-order valence-corrected chi connectivity index (χ0v) is 21.2. The van der Waals surface area contributed by atoms with Crippen molar-refractivity contribution in [3.63, 3.8) is 0 Å². The lowest BCUT2D eigenvalue weighted by atomic mass is 9.46. The molecule has 6 aliphatic rings. The summed E-state index contributed by atoms with van der Waals surface area (Å²) in [7, 11) is 1.67. The zero-order valence-electron chi connectivity index (χ0n) is 21.2. The first kappa shape index (κ1) is 22.4. The molecular formula is C30H34N2O5. The second-order valence-electron chi connectivity index (χ2n) is 12.0. The summed E-state index contributed by atoms with van der Waals surface area (Å²) in [5, 5.41) is 15.8. The molecule has 5 unspecified atom stereocenters. The molecule has 2 saturated carbocycles. The number of nitrogens with zero attached hydrogens (tertiary/aromatic N) is 1. The highest BCUT2D eigenvalue weighted by Crippen LogP contribution is 2.71. The Morgan fingerprint density at radius 2 is 2.00 bits per heavy atom. The molecule has 2 bridgehead atoms. The van der Waals surface area contributed by atoms with Crippen LogP contribution < -0.4 is 14.8 Å². The summed E-state index contributed by atoms with van der Waals surface area (Å²) in [6.07, 6.45) is 5.57. The molecule has 2 spiro atoms. The molecule has 194 valence electrons. The summed E-state index contributed by atoms with van der Waals surface area (Å²) in [4.78, 5) is 16.0. The van der Waals surface area contributed by atoms with Gasteiger partial charge in [0.1, 0.15) is 11.7 Å². The molecule has 1 amide bonds. The number of hydrogen-bond acceptors (Lipinski definition) is 6. The largest absolute Gasteiger partial charge is 0.493 e. The molecule has 37 heavy (non-hydrogen) atoms. The predicted molar refractivity (Wildman–Crippen MR) is 136 cm³/mol. The number of benzene rings is 2. The minimum absolute atomic E-state index is 0.0611. The van der Waals surface area contributed by atoms with Crippen LogP contribution in [0.3, 0.4) is 0 Å². The number of epoxide rings is 1.